The van der Waals surface area contributed by atoms with Gasteiger partial charge in [-0.3, -0.25) is 11.3 Å². The second kappa shape index (κ2) is 6.76. The highest BCUT2D eigenvalue weighted by atomic mass is 32.2. The molecule has 0 aromatic heterocycles. The van der Waals surface area contributed by atoms with Gasteiger partial charge in [0, 0.05) is 24.4 Å². The van der Waals surface area contributed by atoms with Gasteiger partial charge in [0.05, 0.1) is 6.26 Å². The van der Waals surface area contributed by atoms with Gasteiger partial charge >= 0.3 is 0 Å². The van der Waals surface area contributed by atoms with Crippen molar-refractivity contribution in [2.75, 3.05) is 25.1 Å². The molecule has 2 fully saturated rings. The molecule has 2 rings (SSSR count). The quantitative estimate of drug-likeness (QED) is 0.580. The van der Waals surface area contributed by atoms with E-state index in [9.17, 15) is 8.42 Å². The first-order valence-corrected chi connectivity index (χ1v) is 9.93. The van der Waals surface area contributed by atoms with Crippen molar-refractivity contribution in [2.45, 2.75) is 43.4 Å². The van der Waals surface area contributed by atoms with Crippen molar-refractivity contribution in [1.29, 1.82) is 0 Å². The molecule has 0 amide bonds. The van der Waals surface area contributed by atoms with Crippen LogP contribution in [0.2, 0.25) is 0 Å². The van der Waals surface area contributed by atoms with E-state index in [1.54, 1.807) is 4.31 Å². The average molecular weight is 307 g/mol. The third kappa shape index (κ3) is 4.32. The molecule has 7 heteroatoms. The second-order valence-corrected chi connectivity index (χ2v) is 9.02. The van der Waals surface area contributed by atoms with Gasteiger partial charge < -0.3 is 0 Å². The van der Waals surface area contributed by atoms with Gasteiger partial charge in [0.1, 0.15) is 0 Å². The molecule has 0 radical (unpaired) electrons. The molecule has 0 spiro atoms. The summed E-state index contributed by atoms with van der Waals surface area (Å²) in [5.74, 6) is 7.36. The number of thioether (sulfide) groups is 1. The lowest BCUT2D eigenvalue weighted by molar-refractivity contribution is 0.236. The smallest absolute Gasteiger partial charge is 0.211 e. The summed E-state index contributed by atoms with van der Waals surface area (Å²) >= 11 is 2.00. The van der Waals surface area contributed by atoms with Gasteiger partial charge in [0.2, 0.25) is 10.0 Å². The summed E-state index contributed by atoms with van der Waals surface area (Å²) in [4.78, 5) is 0. The average Bonchev–Trinajstić information content (AvgIpc) is 2.89. The minimum atomic E-state index is -3.04. The van der Waals surface area contributed by atoms with E-state index in [-0.39, 0.29) is 0 Å². The van der Waals surface area contributed by atoms with E-state index in [1.165, 1.54) is 24.9 Å². The van der Waals surface area contributed by atoms with Gasteiger partial charge in [-0.25, -0.2) is 12.7 Å². The fourth-order valence-corrected chi connectivity index (χ4v) is 5.46. The molecule has 3 atom stereocenters. The molecule has 3 N–H and O–H groups in total. The second-order valence-electron chi connectivity index (χ2n) is 5.69. The molecule has 3 unspecified atom stereocenters. The van der Waals surface area contributed by atoms with Gasteiger partial charge in [-0.1, -0.05) is 0 Å². The SMILES string of the molecule is CS(=O)(=O)N1CCCC(CC(NN)C2CCCS2)C1. The van der Waals surface area contributed by atoms with Gasteiger partial charge in [0.15, 0.2) is 0 Å². The monoisotopic (exact) mass is 307 g/mol. The first-order valence-electron chi connectivity index (χ1n) is 7.03. The van der Waals surface area contributed by atoms with Crippen LogP contribution >= 0.6 is 11.8 Å². The molecule has 2 aliphatic rings. The lowest BCUT2D eigenvalue weighted by Crippen LogP contribution is -2.46. The maximum Gasteiger partial charge on any atom is 0.211 e. The zero-order chi connectivity index (χ0) is 13.9. The summed E-state index contributed by atoms with van der Waals surface area (Å²) in [6.07, 6.45) is 6.87. The Kier molecular flexibility index (Phi) is 5.54. The number of sulfonamides is 1. The van der Waals surface area contributed by atoms with E-state index in [0.29, 0.717) is 30.3 Å². The summed E-state index contributed by atoms with van der Waals surface area (Å²) in [6, 6.07) is 0.317. The summed E-state index contributed by atoms with van der Waals surface area (Å²) in [5.41, 5.74) is 2.96. The van der Waals surface area contributed by atoms with Crippen molar-refractivity contribution < 1.29 is 8.42 Å². The van der Waals surface area contributed by atoms with Crippen LogP contribution in [0.1, 0.15) is 32.1 Å². The lowest BCUT2D eigenvalue weighted by atomic mass is 9.90. The Morgan fingerprint density at radius 2 is 2.21 bits per heavy atom. The van der Waals surface area contributed by atoms with E-state index in [4.69, 9.17) is 5.84 Å². The molecular formula is C12H25N3O2S2. The van der Waals surface area contributed by atoms with E-state index < -0.39 is 10.0 Å². The number of nitrogens with zero attached hydrogens (tertiary/aromatic N) is 1. The highest BCUT2D eigenvalue weighted by Crippen LogP contribution is 2.32. The number of hydrogen-bond donors (Lipinski definition) is 2. The van der Waals surface area contributed by atoms with Gasteiger partial charge in [-0.15, -0.1) is 0 Å². The van der Waals surface area contributed by atoms with Crippen molar-refractivity contribution in [3.8, 4) is 0 Å². The van der Waals surface area contributed by atoms with Crippen LogP contribution in [0, 0.1) is 5.92 Å². The van der Waals surface area contributed by atoms with Crippen molar-refractivity contribution in [3.05, 3.63) is 0 Å². The van der Waals surface area contributed by atoms with E-state index in [0.717, 1.165) is 19.3 Å². The Morgan fingerprint density at radius 3 is 2.79 bits per heavy atom. The number of nitrogens with one attached hydrogen (secondary N) is 1. The van der Waals surface area contributed by atoms with Gasteiger partial charge in [-0.2, -0.15) is 11.8 Å². The molecule has 112 valence electrons. The maximum atomic E-state index is 11.6. The Labute approximate surface area is 120 Å². The van der Waals surface area contributed by atoms with Gasteiger partial charge in [0.25, 0.3) is 0 Å². The molecule has 0 saturated carbocycles. The van der Waals surface area contributed by atoms with Crippen LogP contribution in [-0.2, 0) is 10.0 Å². The maximum absolute atomic E-state index is 11.6. The Hall–Kier alpha value is 0.180. The fourth-order valence-electron chi connectivity index (χ4n) is 3.13. The number of hydrazine groups is 1. The number of nitrogens with two attached hydrogens (primary N) is 1. The highest BCUT2D eigenvalue weighted by molar-refractivity contribution is 8.00. The van der Waals surface area contributed by atoms with Crippen LogP contribution < -0.4 is 11.3 Å². The topological polar surface area (TPSA) is 75.4 Å². The lowest BCUT2D eigenvalue weighted by Gasteiger charge is -2.34. The minimum Gasteiger partial charge on any atom is -0.271 e. The molecule has 5 nitrogen and oxygen atoms in total. The molecule has 0 aliphatic carbocycles. The molecule has 19 heavy (non-hydrogen) atoms. The summed E-state index contributed by atoms with van der Waals surface area (Å²) in [6.45, 7) is 1.34. The van der Waals surface area contributed by atoms with E-state index in [2.05, 4.69) is 5.43 Å². The number of piperidine rings is 1. The predicted molar refractivity (Wildman–Crippen MR) is 80.3 cm³/mol. The van der Waals surface area contributed by atoms with Crippen LogP contribution in [0.5, 0.6) is 0 Å². The van der Waals surface area contributed by atoms with Crippen molar-refractivity contribution >= 4 is 21.8 Å². The molecule has 0 aromatic rings. The molecule has 2 aliphatic heterocycles. The van der Waals surface area contributed by atoms with Crippen LogP contribution in [0.4, 0.5) is 0 Å². The highest BCUT2D eigenvalue weighted by Gasteiger charge is 2.31. The Bertz CT molecular complexity index is 382. The molecule has 0 aromatic carbocycles. The normalized spacial score (nSPS) is 31.5. The third-order valence-corrected chi connectivity index (χ3v) is 6.95. The van der Waals surface area contributed by atoms with Crippen LogP contribution in [0.15, 0.2) is 0 Å². The van der Waals surface area contributed by atoms with Crippen LogP contribution in [-0.4, -0.2) is 49.1 Å². The van der Waals surface area contributed by atoms with Crippen LogP contribution in [0.3, 0.4) is 0 Å². The van der Waals surface area contributed by atoms with Gasteiger partial charge in [-0.05, 0) is 43.8 Å². The third-order valence-electron chi connectivity index (χ3n) is 4.17. The number of hydrogen-bond acceptors (Lipinski definition) is 5. The summed E-state index contributed by atoms with van der Waals surface area (Å²) in [7, 11) is -3.04. The van der Waals surface area contributed by atoms with Crippen LogP contribution in [0.25, 0.3) is 0 Å². The van der Waals surface area contributed by atoms with Crippen molar-refractivity contribution in [2.24, 2.45) is 11.8 Å². The summed E-state index contributed by atoms with van der Waals surface area (Å²) < 4.78 is 24.9. The first-order chi connectivity index (χ1) is 9.00. The Morgan fingerprint density at radius 1 is 1.42 bits per heavy atom. The number of rotatable bonds is 5. The molecule has 2 heterocycles. The largest absolute Gasteiger partial charge is 0.271 e. The zero-order valence-corrected chi connectivity index (χ0v) is 13.2. The molecule has 2 saturated heterocycles. The van der Waals surface area contributed by atoms with Crippen molar-refractivity contribution in [3.63, 3.8) is 0 Å². The molecular weight excluding hydrogens is 282 g/mol. The molecule has 0 bridgehead atoms. The van der Waals surface area contributed by atoms with E-state index >= 15 is 0 Å². The Balaban J connectivity index is 1.90. The minimum absolute atomic E-state index is 0.317. The zero-order valence-electron chi connectivity index (χ0n) is 11.5. The standard InChI is InChI=1S/C12H25N3O2S2/c1-19(16,17)15-6-2-4-10(9-15)8-11(14-13)12-5-3-7-18-12/h10-12,14H,2-9,13H2,1H3. The predicted octanol–water partition coefficient (Wildman–Crippen LogP) is 0.776. The first kappa shape index (κ1) is 15.6. The summed E-state index contributed by atoms with van der Waals surface area (Å²) in [5, 5.41) is 0.596. The fraction of sp³-hybridized carbons (Fsp3) is 1.00. The van der Waals surface area contributed by atoms with Crippen molar-refractivity contribution in [1.82, 2.24) is 9.73 Å². The van der Waals surface area contributed by atoms with E-state index in [1.807, 2.05) is 11.8 Å².